The lowest BCUT2D eigenvalue weighted by Gasteiger charge is -2.28. The molecule has 1 aliphatic rings. The summed E-state index contributed by atoms with van der Waals surface area (Å²) in [6.07, 6.45) is 10.6. The van der Waals surface area contributed by atoms with E-state index in [1.165, 1.54) is 56.6 Å². The second-order valence-electron chi connectivity index (χ2n) is 9.21. The summed E-state index contributed by atoms with van der Waals surface area (Å²) in [6.45, 7) is 0.907. The first-order valence-electron chi connectivity index (χ1n) is 12.0. The van der Waals surface area contributed by atoms with Gasteiger partial charge < -0.3 is 4.74 Å². The van der Waals surface area contributed by atoms with Gasteiger partial charge in [0.05, 0.1) is 0 Å². The van der Waals surface area contributed by atoms with Crippen molar-refractivity contribution < 1.29 is 9.13 Å². The van der Waals surface area contributed by atoms with Gasteiger partial charge >= 0.3 is 0 Å². The second kappa shape index (κ2) is 11.3. The molecule has 0 amide bonds. The maximum Gasteiger partial charge on any atom is 0.123 e. The fraction of sp³-hybridized carbons (Fsp3) is 0.400. The Bertz CT molecular complexity index is 1070. The summed E-state index contributed by atoms with van der Waals surface area (Å²) in [4.78, 5) is 0. The number of hydrogen-bond acceptors (Lipinski definition) is 1. The Hall–Kier alpha value is -2.63. The first-order valence-corrected chi connectivity index (χ1v) is 12.0. The van der Waals surface area contributed by atoms with Gasteiger partial charge in [-0.05, 0) is 90.3 Å². The van der Waals surface area contributed by atoms with Crippen LogP contribution in [-0.2, 0) is 11.2 Å². The summed E-state index contributed by atoms with van der Waals surface area (Å²) >= 11 is 0. The lowest BCUT2D eigenvalue weighted by atomic mass is 9.78. The van der Waals surface area contributed by atoms with E-state index >= 15 is 0 Å². The fourth-order valence-electron chi connectivity index (χ4n) is 4.89. The average molecular weight is 429 g/mol. The lowest BCUT2D eigenvalue weighted by molar-refractivity contribution is 0.175. The largest absolute Gasteiger partial charge is 0.385 e. The summed E-state index contributed by atoms with van der Waals surface area (Å²) in [5.41, 5.74) is 3.39. The van der Waals surface area contributed by atoms with E-state index in [2.05, 4.69) is 36.1 Å². The van der Waals surface area contributed by atoms with E-state index in [-0.39, 0.29) is 5.82 Å². The minimum atomic E-state index is -0.206. The number of ether oxygens (including phenoxy) is 1. The predicted molar refractivity (Wildman–Crippen MR) is 131 cm³/mol. The number of rotatable bonds is 7. The van der Waals surface area contributed by atoms with Crippen molar-refractivity contribution >= 4 is 10.8 Å². The minimum absolute atomic E-state index is 0.206. The molecule has 0 aromatic heterocycles. The van der Waals surface area contributed by atoms with Gasteiger partial charge in [0.1, 0.15) is 5.82 Å². The summed E-state index contributed by atoms with van der Waals surface area (Å²) in [5.74, 6) is 8.10. The molecule has 0 radical (unpaired) electrons. The van der Waals surface area contributed by atoms with Gasteiger partial charge in [0, 0.05) is 24.8 Å². The number of benzene rings is 3. The molecule has 0 aliphatic heterocycles. The van der Waals surface area contributed by atoms with Crippen molar-refractivity contribution in [1.29, 1.82) is 0 Å². The van der Waals surface area contributed by atoms with Crippen LogP contribution in [0.5, 0.6) is 0 Å². The lowest BCUT2D eigenvalue weighted by Crippen LogP contribution is -2.15. The zero-order valence-corrected chi connectivity index (χ0v) is 19.1. The van der Waals surface area contributed by atoms with E-state index in [1.807, 2.05) is 18.2 Å². The first-order chi connectivity index (χ1) is 15.7. The van der Waals surface area contributed by atoms with Crippen LogP contribution in [0.25, 0.3) is 10.8 Å². The molecule has 1 fully saturated rings. The summed E-state index contributed by atoms with van der Waals surface area (Å²) in [6, 6.07) is 19.5. The van der Waals surface area contributed by atoms with Crippen molar-refractivity contribution in [2.45, 2.75) is 51.4 Å². The normalized spacial score (nSPS) is 18.3. The van der Waals surface area contributed by atoms with Gasteiger partial charge in [0.15, 0.2) is 0 Å². The molecule has 3 aromatic carbocycles. The van der Waals surface area contributed by atoms with E-state index in [4.69, 9.17) is 4.74 Å². The highest BCUT2D eigenvalue weighted by Gasteiger charge is 2.20. The molecule has 32 heavy (non-hydrogen) atoms. The van der Waals surface area contributed by atoms with Crippen molar-refractivity contribution in [3.8, 4) is 11.8 Å². The van der Waals surface area contributed by atoms with E-state index < -0.39 is 0 Å². The van der Waals surface area contributed by atoms with Gasteiger partial charge in [0.25, 0.3) is 0 Å². The number of hydrogen-bond donors (Lipinski definition) is 0. The number of methoxy groups -OCH3 is 1. The Morgan fingerprint density at radius 1 is 0.781 bits per heavy atom. The minimum Gasteiger partial charge on any atom is -0.385 e. The molecule has 1 aliphatic carbocycles. The molecule has 4 rings (SSSR count). The van der Waals surface area contributed by atoms with Crippen molar-refractivity contribution in [3.05, 3.63) is 83.2 Å². The SMILES string of the molecule is COCCCC1CCC(CCc2ccc(C#Cc3ccc4cc(F)ccc4c3)cc2)CC1. The first kappa shape index (κ1) is 22.6. The molecule has 0 atom stereocenters. The van der Waals surface area contributed by atoms with Crippen LogP contribution in [0.2, 0.25) is 0 Å². The van der Waals surface area contributed by atoms with Crippen molar-refractivity contribution in [2.75, 3.05) is 13.7 Å². The Balaban J connectivity index is 1.26. The molecule has 1 saturated carbocycles. The Labute approximate surface area is 192 Å². The van der Waals surface area contributed by atoms with Crippen molar-refractivity contribution in [2.24, 2.45) is 11.8 Å². The summed E-state index contributed by atoms with van der Waals surface area (Å²) < 4.78 is 18.5. The smallest absolute Gasteiger partial charge is 0.123 e. The molecule has 0 bridgehead atoms. The molecular weight excluding hydrogens is 395 g/mol. The Kier molecular flexibility index (Phi) is 7.97. The predicted octanol–water partition coefficient (Wildman–Crippen LogP) is 7.54. The van der Waals surface area contributed by atoms with Gasteiger partial charge in [0.2, 0.25) is 0 Å². The maximum absolute atomic E-state index is 13.3. The molecule has 3 aromatic rings. The molecule has 1 nitrogen and oxygen atoms in total. The standard InChI is InChI=1S/C30H33FO/c1-32-20-2-3-23-4-6-24(7-5-23)8-9-25-10-12-26(13-11-25)14-15-27-16-17-29-22-30(31)19-18-28(29)21-27/h10-13,16-19,21-24H,2-9,20H2,1H3. The van der Waals surface area contributed by atoms with Crippen LogP contribution >= 0.6 is 0 Å². The highest BCUT2D eigenvalue weighted by molar-refractivity contribution is 5.83. The van der Waals surface area contributed by atoms with Crippen LogP contribution in [0.15, 0.2) is 60.7 Å². The molecule has 0 spiro atoms. The highest BCUT2D eigenvalue weighted by Crippen LogP contribution is 2.33. The summed E-state index contributed by atoms with van der Waals surface area (Å²) in [5, 5.41) is 1.91. The molecule has 0 unspecified atom stereocenters. The molecule has 0 N–H and O–H groups in total. The Morgan fingerprint density at radius 2 is 1.41 bits per heavy atom. The maximum atomic E-state index is 13.3. The van der Waals surface area contributed by atoms with Crippen LogP contribution in [0.1, 0.15) is 61.6 Å². The van der Waals surface area contributed by atoms with E-state index in [0.717, 1.165) is 46.8 Å². The van der Waals surface area contributed by atoms with Gasteiger partial charge in [-0.25, -0.2) is 4.39 Å². The molecule has 0 saturated heterocycles. The van der Waals surface area contributed by atoms with Crippen molar-refractivity contribution in [3.63, 3.8) is 0 Å². The molecular formula is C30H33FO. The van der Waals surface area contributed by atoms with Crippen molar-refractivity contribution in [1.82, 2.24) is 0 Å². The van der Waals surface area contributed by atoms with Gasteiger partial charge in [-0.15, -0.1) is 0 Å². The van der Waals surface area contributed by atoms with Crippen LogP contribution in [-0.4, -0.2) is 13.7 Å². The van der Waals surface area contributed by atoms with E-state index in [9.17, 15) is 4.39 Å². The third-order valence-electron chi connectivity index (χ3n) is 6.88. The van der Waals surface area contributed by atoms with Gasteiger partial charge in [-0.3, -0.25) is 0 Å². The van der Waals surface area contributed by atoms with Crippen LogP contribution < -0.4 is 0 Å². The quantitative estimate of drug-likeness (QED) is 0.279. The molecule has 2 heteroatoms. The monoisotopic (exact) mass is 428 g/mol. The van der Waals surface area contributed by atoms with Gasteiger partial charge in [-0.1, -0.05) is 61.8 Å². The number of fused-ring (bicyclic) bond motifs is 1. The average Bonchev–Trinajstić information content (AvgIpc) is 2.83. The number of halogens is 1. The molecule has 166 valence electrons. The van der Waals surface area contributed by atoms with E-state index in [1.54, 1.807) is 19.2 Å². The Morgan fingerprint density at radius 3 is 2.16 bits per heavy atom. The third-order valence-corrected chi connectivity index (χ3v) is 6.88. The number of aryl methyl sites for hydroxylation is 1. The topological polar surface area (TPSA) is 9.23 Å². The second-order valence-corrected chi connectivity index (χ2v) is 9.21. The summed E-state index contributed by atoms with van der Waals surface area (Å²) in [7, 11) is 1.80. The van der Waals surface area contributed by atoms with Crippen LogP contribution in [0.4, 0.5) is 4.39 Å². The third kappa shape index (κ3) is 6.44. The van der Waals surface area contributed by atoms with Gasteiger partial charge in [-0.2, -0.15) is 0 Å². The zero-order valence-electron chi connectivity index (χ0n) is 19.1. The van der Waals surface area contributed by atoms with Crippen LogP contribution in [0, 0.1) is 29.5 Å². The van der Waals surface area contributed by atoms with Crippen LogP contribution in [0.3, 0.4) is 0 Å². The van der Waals surface area contributed by atoms with E-state index in [0.29, 0.717) is 0 Å². The fourth-order valence-corrected chi connectivity index (χ4v) is 4.89. The molecule has 0 heterocycles. The zero-order chi connectivity index (χ0) is 22.2. The highest BCUT2D eigenvalue weighted by atomic mass is 19.1.